The van der Waals surface area contributed by atoms with Crippen LogP contribution in [0.3, 0.4) is 0 Å². The third kappa shape index (κ3) is 1.78. The maximum absolute atomic E-state index is 12.8. The molecule has 0 saturated heterocycles. The van der Waals surface area contributed by atoms with Crippen molar-refractivity contribution < 1.29 is 18.0 Å². The molecule has 0 saturated carbocycles. The van der Waals surface area contributed by atoms with Gasteiger partial charge in [0.15, 0.2) is 11.6 Å². The molecule has 0 spiro atoms. The van der Waals surface area contributed by atoms with Gasteiger partial charge < -0.3 is 0 Å². The number of nitrogens with one attached hydrogen (secondary N) is 1. The van der Waals surface area contributed by atoms with Crippen molar-refractivity contribution in [3.8, 4) is 0 Å². The fourth-order valence-corrected chi connectivity index (χ4v) is 0.799. The molecule has 0 aliphatic carbocycles. The molecule has 6 heteroatoms. The Morgan fingerprint density at radius 1 is 1.31 bits per heavy atom. The maximum atomic E-state index is 12.8. The number of halogens is 3. The van der Waals surface area contributed by atoms with E-state index in [-0.39, 0.29) is 0 Å². The van der Waals surface area contributed by atoms with Crippen LogP contribution in [0.2, 0.25) is 0 Å². The van der Waals surface area contributed by atoms with Crippen molar-refractivity contribution in [2.45, 2.75) is 0 Å². The lowest BCUT2D eigenvalue weighted by Crippen LogP contribution is -2.31. The Hall–Kier alpha value is -1.56. The quantitative estimate of drug-likeness (QED) is 0.296. The summed E-state index contributed by atoms with van der Waals surface area (Å²) >= 11 is 0. The van der Waals surface area contributed by atoms with Crippen LogP contribution in [0, 0.1) is 17.5 Å². The zero-order valence-electron chi connectivity index (χ0n) is 6.27. The van der Waals surface area contributed by atoms with Gasteiger partial charge in [-0.05, 0) is 6.07 Å². The summed E-state index contributed by atoms with van der Waals surface area (Å²) in [6.07, 6.45) is 0. The minimum absolute atomic E-state index is 0.336. The van der Waals surface area contributed by atoms with Gasteiger partial charge in [0.05, 0.1) is 5.56 Å². The number of amides is 1. The Bertz CT molecular complexity index is 354. The van der Waals surface area contributed by atoms with Gasteiger partial charge in [0, 0.05) is 6.07 Å². The number of rotatable bonds is 1. The van der Waals surface area contributed by atoms with Gasteiger partial charge in [0.1, 0.15) is 5.82 Å². The summed E-state index contributed by atoms with van der Waals surface area (Å²) in [7, 11) is 0. The van der Waals surface area contributed by atoms with Gasteiger partial charge in [-0.1, -0.05) is 0 Å². The molecule has 3 nitrogen and oxygen atoms in total. The number of hydrogen-bond donors (Lipinski definition) is 2. The summed E-state index contributed by atoms with van der Waals surface area (Å²) < 4.78 is 37.7. The second-order valence-electron chi connectivity index (χ2n) is 2.22. The zero-order chi connectivity index (χ0) is 10.0. The molecular formula is C7H5F3N2O. The third-order valence-electron chi connectivity index (χ3n) is 1.37. The summed E-state index contributed by atoms with van der Waals surface area (Å²) in [5.74, 6) is -0.327. The molecule has 0 fully saturated rings. The second kappa shape index (κ2) is 3.44. The van der Waals surface area contributed by atoms with Crippen LogP contribution >= 0.6 is 0 Å². The van der Waals surface area contributed by atoms with Crippen molar-refractivity contribution in [3.63, 3.8) is 0 Å². The average molecular weight is 190 g/mol. The molecule has 0 bridgehead atoms. The topological polar surface area (TPSA) is 55.1 Å². The fourth-order valence-electron chi connectivity index (χ4n) is 0.799. The van der Waals surface area contributed by atoms with E-state index in [1.807, 2.05) is 0 Å². The first-order chi connectivity index (χ1) is 6.06. The molecule has 0 aliphatic heterocycles. The van der Waals surface area contributed by atoms with Gasteiger partial charge >= 0.3 is 0 Å². The third-order valence-corrected chi connectivity index (χ3v) is 1.37. The molecule has 0 aliphatic rings. The Morgan fingerprint density at radius 2 is 1.92 bits per heavy atom. The van der Waals surface area contributed by atoms with Crippen molar-refractivity contribution in [1.29, 1.82) is 0 Å². The lowest BCUT2D eigenvalue weighted by atomic mass is 10.2. The number of nitrogens with two attached hydrogens (primary N) is 1. The first-order valence-electron chi connectivity index (χ1n) is 3.21. The van der Waals surface area contributed by atoms with Crippen LogP contribution in [0.1, 0.15) is 10.4 Å². The largest absolute Gasteiger partial charge is 0.290 e. The lowest BCUT2D eigenvalue weighted by Gasteiger charge is -2.01. The van der Waals surface area contributed by atoms with Crippen LogP contribution < -0.4 is 11.3 Å². The van der Waals surface area contributed by atoms with E-state index >= 15 is 0 Å². The normalized spacial score (nSPS) is 9.85. The van der Waals surface area contributed by atoms with Crippen molar-refractivity contribution in [1.82, 2.24) is 5.43 Å². The number of nitrogen functional groups attached to an aromatic ring is 1. The monoisotopic (exact) mass is 190 g/mol. The van der Waals surface area contributed by atoms with E-state index < -0.39 is 28.9 Å². The van der Waals surface area contributed by atoms with Crippen molar-refractivity contribution in [2.24, 2.45) is 5.84 Å². The molecule has 1 aromatic carbocycles. The number of hydrogen-bond acceptors (Lipinski definition) is 2. The van der Waals surface area contributed by atoms with E-state index in [1.54, 1.807) is 5.43 Å². The molecule has 0 heterocycles. The van der Waals surface area contributed by atoms with Crippen molar-refractivity contribution in [2.75, 3.05) is 0 Å². The van der Waals surface area contributed by atoms with Gasteiger partial charge in [0.2, 0.25) is 0 Å². The highest BCUT2D eigenvalue weighted by molar-refractivity contribution is 5.94. The molecule has 1 aromatic rings. The van der Waals surface area contributed by atoms with Crippen LogP contribution in [0.25, 0.3) is 0 Å². The summed E-state index contributed by atoms with van der Waals surface area (Å²) in [5, 5.41) is 0. The SMILES string of the molecule is NNC(=O)c1cc(F)cc(F)c1F. The van der Waals surface area contributed by atoms with Gasteiger partial charge in [-0.2, -0.15) is 0 Å². The van der Waals surface area contributed by atoms with Crippen LogP contribution in [-0.2, 0) is 0 Å². The zero-order valence-corrected chi connectivity index (χ0v) is 6.27. The smallest absolute Gasteiger partial charge is 0.268 e. The van der Waals surface area contributed by atoms with Crippen LogP contribution in [0.4, 0.5) is 13.2 Å². The van der Waals surface area contributed by atoms with Crippen molar-refractivity contribution >= 4 is 5.91 Å². The summed E-state index contributed by atoms with van der Waals surface area (Å²) in [6, 6.07) is 0.892. The fraction of sp³-hybridized carbons (Fsp3) is 0. The molecular weight excluding hydrogens is 185 g/mol. The number of carbonyl (C=O) groups excluding carboxylic acids is 1. The van der Waals surface area contributed by atoms with E-state index in [9.17, 15) is 18.0 Å². The molecule has 1 amide bonds. The predicted molar refractivity (Wildman–Crippen MR) is 38.0 cm³/mol. The van der Waals surface area contributed by atoms with E-state index in [1.165, 1.54) is 0 Å². The van der Waals surface area contributed by atoms with E-state index in [0.29, 0.717) is 12.1 Å². The van der Waals surface area contributed by atoms with Gasteiger partial charge in [0.25, 0.3) is 5.91 Å². The molecule has 70 valence electrons. The van der Waals surface area contributed by atoms with E-state index in [0.717, 1.165) is 0 Å². The van der Waals surface area contributed by atoms with Crippen LogP contribution in [0.5, 0.6) is 0 Å². The first-order valence-corrected chi connectivity index (χ1v) is 3.21. The minimum atomic E-state index is -1.43. The molecule has 0 radical (unpaired) electrons. The number of benzene rings is 1. The Labute approximate surface area is 71.3 Å². The summed E-state index contributed by atoms with van der Waals surface area (Å²) in [6.45, 7) is 0. The highest BCUT2D eigenvalue weighted by Gasteiger charge is 2.16. The highest BCUT2D eigenvalue weighted by Crippen LogP contribution is 2.13. The predicted octanol–water partition coefficient (Wildman–Crippen LogP) is 0.707. The van der Waals surface area contributed by atoms with Crippen LogP contribution in [-0.4, -0.2) is 5.91 Å². The molecule has 3 N–H and O–H groups in total. The molecule has 1 rings (SSSR count). The first kappa shape index (κ1) is 9.53. The minimum Gasteiger partial charge on any atom is -0.290 e. The lowest BCUT2D eigenvalue weighted by molar-refractivity contribution is 0.0948. The summed E-state index contributed by atoms with van der Waals surface area (Å²) in [4.78, 5) is 10.7. The maximum Gasteiger partial charge on any atom is 0.268 e. The molecule has 13 heavy (non-hydrogen) atoms. The van der Waals surface area contributed by atoms with Gasteiger partial charge in [-0.15, -0.1) is 0 Å². The standard InChI is InChI=1S/C7H5F3N2O/c8-3-1-4(7(13)12-11)6(10)5(9)2-3/h1-2H,11H2,(H,12,13). The molecule has 0 aromatic heterocycles. The number of hydrazine groups is 1. The van der Waals surface area contributed by atoms with Gasteiger partial charge in [-0.25, -0.2) is 19.0 Å². The highest BCUT2D eigenvalue weighted by atomic mass is 19.2. The van der Waals surface area contributed by atoms with E-state index in [2.05, 4.69) is 5.84 Å². The molecule has 0 atom stereocenters. The number of carbonyl (C=O) groups is 1. The van der Waals surface area contributed by atoms with Crippen molar-refractivity contribution in [3.05, 3.63) is 35.1 Å². The Balaban J connectivity index is 3.28. The van der Waals surface area contributed by atoms with Gasteiger partial charge in [-0.3, -0.25) is 10.2 Å². The molecule has 0 unspecified atom stereocenters. The summed E-state index contributed by atoms with van der Waals surface area (Å²) in [5.41, 5.74) is 0.800. The second-order valence-corrected chi connectivity index (χ2v) is 2.22. The Morgan fingerprint density at radius 3 is 2.46 bits per heavy atom. The Kier molecular flexibility index (Phi) is 2.52. The average Bonchev–Trinajstić information content (AvgIpc) is 2.10. The van der Waals surface area contributed by atoms with Crippen LogP contribution in [0.15, 0.2) is 12.1 Å². The van der Waals surface area contributed by atoms with E-state index in [4.69, 9.17) is 0 Å².